The molecule has 1 aliphatic heterocycles. The first-order chi connectivity index (χ1) is 13.7. The van der Waals surface area contributed by atoms with Crippen molar-refractivity contribution in [2.24, 2.45) is 0 Å². The van der Waals surface area contributed by atoms with Crippen LogP contribution in [0.4, 0.5) is 8.78 Å². The minimum absolute atomic E-state index is 0.250. The molecular weight excluding hydrogens is 400 g/mol. The van der Waals surface area contributed by atoms with Gasteiger partial charge in [-0.1, -0.05) is 6.07 Å². The number of amides is 2. The molecule has 29 heavy (non-hydrogen) atoms. The molecule has 0 bridgehead atoms. The molecule has 148 valence electrons. The normalized spacial score (nSPS) is 17.4. The molecule has 1 aromatic heterocycles. The van der Waals surface area contributed by atoms with Crippen LogP contribution in [0.1, 0.15) is 27.2 Å². The van der Waals surface area contributed by atoms with Crippen LogP contribution in [0.15, 0.2) is 24.4 Å². The zero-order chi connectivity index (χ0) is 21.2. The Labute approximate surface area is 169 Å². The summed E-state index contributed by atoms with van der Waals surface area (Å²) < 4.78 is 26.9. The average molecular weight is 415 g/mol. The first kappa shape index (κ1) is 20.4. The number of hydrogen-bond acceptors (Lipinski definition) is 6. The van der Waals surface area contributed by atoms with Crippen molar-refractivity contribution in [3.8, 4) is 22.7 Å². The van der Waals surface area contributed by atoms with Crippen molar-refractivity contribution in [2.45, 2.75) is 25.3 Å². The van der Waals surface area contributed by atoms with Crippen LogP contribution < -0.4 is 5.32 Å². The van der Waals surface area contributed by atoms with Gasteiger partial charge in [-0.25, -0.2) is 13.8 Å². The van der Waals surface area contributed by atoms with E-state index in [0.717, 1.165) is 27.4 Å². The van der Waals surface area contributed by atoms with Gasteiger partial charge in [-0.15, -0.1) is 11.3 Å². The van der Waals surface area contributed by atoms with Gasteiger partial charge >= 0.3 is 0 Å². The van der Waals surface area contributed by atoms with Crippen LogP contribution in [0, 0.1) is 29.6 Å². The topological polar surface area (TPSA) is 110 Å². The molecule has 1 atom stereocenters. The number of likely N-dealkylation sites (tertiary alicyclic amines) is 1. The summed E-state index contributed by atoms with van der Waals surface area (Å²) in [4.78, 5) is 29.7. The molecule has 0 spiro atoms. The Morgan fingerprint density at radius 1 is 1.41 bits per heavy atom. The summed E-state index contributed by atoms with van der Waals surface area (Å²) in [6.45, 7) is 0.506. The number of benzene rings is 1. The average Bonchev–Trinajstić information content (AvgIpc) is 3.29. The van der Waals surface area contributed by atoms with Gasteiger partial charge in [0.1, 0.15) is 15.9 Å². The number of nitrogens with one attached hydrogen (secondary N) is 1. The molecule has 1 N–H and O–H groups in total. The molecule has 1 saturated heterocycles. The minimum atomic E-state index is -3.11. The fourth-order valence-corrected chi connectivity index (χ4v) is 3.94. The third-order valence-electron chi connectivity index (χ3n) is 4.45. The molecule has 2 amide bonds. The molecule has 0 unspecified atom stereocenters. The van der Waals surface area contributed by atoms with Gasteiger partial charge in [-0.05, 0) is 24.6 Å². The Hall–Kier alpha value is -3.37. The molecular formula is C19H15F2N5O2S. The number of aromatic nitrogens is 1. The largest absolute Gasteiger partial charge is 0.342 e. The maximum absolute atomic E-state index is 13.4. The van der Waals surface area contributed by atoms with E-state index in [-0.39, 0.29) is 4.88 Å². The van der Waals surface area contributed by atoms with E-state index in [4.69, 9.17) is 10.5 Å². The summed E-state index contributed by atoms with van der Waals surface area (Å²) >= 11 is 1.11. The molecule has 3 rings (SSSR count). The maximum atomic E-state index is 13.4. The van der Waals surface area contributed by atoms with E-state index in [1.165, 1.54) is 6.20 Å². The third-order valence-corrected chi connectivity index (χ3v) is 5.48. The first-order valence-corrected chi connectivity index (χ1v) is 9.38. The second-order valence-corrected chi connectivity index (χ2v) is 7.61. The number of aryl methyl sites for hydroxylation is 1. The van der Waals surface area contributed by atoms with Gasteiger partial charge in [-0.2, -0.15) is 10.5 Å². The number of carbonyl (C=O) groups excluding carboxylic acids is 2. The maximum Gasteiger partial charge on any atom is 0.268 e. The number of nitriles is 2. The lowest BCUT2D eigenvalue weighted by atomic mass is 10.1. The van der Waals surface area contributed by atoms with Gasteiger partial charge in [0.2, 0.25) is 5.91 Å². The van der Waals surface area contributed by atoms with Crippen molar-refractivity contribution in [2.75, 3.05) is 13.1 Å². The molecule has 1 fully saturated rings. The quantitative estimate of drug-likeness (QED) is 0.825. The number of hydrogen-bond donors (Lipinski definition) is 1. The lowest BCUT2D eigenvalue weighted by Crippen LogP contribution is -2.42. The summed E-state index contributed by atoms with van der Waals surface area (Å²) in [6.07, 6.45) is 0.658. The second-order valence-electron chi connectivity index (χ2n) is 6.58. The van der Waals surface area contributed by atoms with Crippen LogP contribution in [0.3, 0.4) is 0 Å². The lowest BCUT2D eigenvalue weighted by molar-refractivity contribution is -0.131. The number of halogens is 2. The van der Waals surface area contributed by atoms with Crippen molar-refractivity contribution >= 4 is 23.2 Å². The van der Waals surface area contributed by atoms with Gasteiger partial charge in [0.15, 0.2) is 0 Å². The highest BCUT2D eigenvalue weighted by Crippen LogP contribution is 2.32. The fourth-order valence-electron chi connectivity index (χ4n) is 3.02. The van der Waals surface area contributed by atoms with Crippen molar-refractivity contribution in [1.29, 1.82) is 10.5 Å². The lowest BCUT2D eigenvalue weighted by Gasteiger charge is -2.19. The SMILES string of the molecule is Cc1cc(C#N)ccc1-c1ncc(C(=O)NCC(=O)N2CC(F)(F)C[C@H]2C#N)s1. The molecule has 2 aromatic rings. The summed E-state index contributed by atoms with van der Waals surface area (Å²) in [5.41, 5.74) is 2.13. The first-order valence-electron chi connectivity index (χ1n) is 8.56. The van der Waals surface area contributed by atoms with E-state index >= 15 is 0 Å². The highest BCUT2D eigenvalue weighted by molar-refractivity contribution is 7.16. The Morgan fingerprint density at radius 2 is 2.17 bits per heavy atom. The number of alkyl halides is 2. The molecule has 2 heterocycles. The van der Waals surface area contributed by atoms with Gasteiger partial charge < -0.3 is 10.2 Å². The molecule has 0 saturated carbocycles. The second kappa shape index (κ2) is 7.94. The standard InChI is InChI=1S/C19H15F2N5O2S/c1-11-4-12(6-22)2-3-14(11)18-25-8-15(29-18)17(28)24-9-16(27)26-10-19(20,21)5-13(26)7-23/h2-4,8,13H,5,9-10H2,1H3,(H,24,28)/t13-/m0/s1. The Morgan fingerprint density at radius 3 is 2.83 bits per heavy atom. The van der Waals surface area contributed by atoms with Gasteiger partial charge in [0.05, 0.1) is 37.0 Å². The molecule has 0 radical (unpaired) electrons. The predicted octanol–water partition coefficient (Wildman–Crippen LogP) is 2.48. The van der Waals surface area contributed by atoms with E-state index in [2.05, 4.69) is 10.3 Å². The summed E-state index contributed by atoms with van der Waals surface area (Å²) in [6, 6.07) is 7.64. The zero-order valence-corrected chi connectivity index (χ0v) is 16.1. The molecule has 1 aliphatic rings. The van der Waals surface area contributed by atoms with Crippen molar-refractivity contribution in [1.82, 2.24) is 15.2 Å². The Balaban J connectivity index is 1.65. The number of rotatable bonds is 4. The third kappa shape index (κ3) is 4.39. The Kier molecular flexibility index (Phi) is 5.57. The number of carbonyl (C=O) groups is 2. The minimum Gasteiger partial charge on any atom is -0.342 e. The van der Waals surface area contributed by atoms with Crippen LogP contribution in [-0.4, -0.2) is 46.8 Å². The highest BCUT2D eigenvalue weighted by atomic mass is 32.1. The van der Waals surface area contributed by atoms with Crippen LogP contribution in [0.5, 0.6) is 0 Å². The van der Waals surface area contributed by atoms with Gasteiger partial charge in [-0.3, -0.25) is 9.59 Å². The summed E-state index contributed by atoms with van der Waals surface area (Å²) in [5.74, 6) is -4.41. The zero-order valence-electron chi connectivity index (χ0n) is 15.3. The van der Waals surface area contributed by atoms with Gasteiger partial charge in [0, 0.05) is 12.0 Å². The van der Waals surface area contributed by atoms with Crippen molar-refractivity contribution in [3.05, 3.63) is 40.4 Å². The van der Waals surface area contributed by atoms with Crippen LogP contribution in [0.25, 0.3) is 10.6 Å². The van der Waals surface area contributed by atoms with Crippen molar-refractivity contribution in [3.63, 3.8) is 0 Å². The predicted molar refractivity (Wildman–Crippen MR) is 100 cm³/mol. The van der Waals surface area contributed by atoms with E-state index in [1.807, 2.05) is 13.0 Å². The molecule has 1 aromatic carbocycles. The van der Waals surface area contributed by atoms with Gasteiger partial charge in [0.25, 0.3) is 11.8 Å². The number of nitrogens with zero attached hydrogens (tertiary/aromatic N) is 4. The van der Waals surface area contributed by atoms with Crippen LogP contribution >= 0.6 is 11.3 Å². The fraction of sp³-hybridized carbons (Fsp3) is 0.316. The summed E-state index contributed by atoms with van der Waals surface area (Å²) in [7, 11) is 0. The molecule has 10 heteroatoms. The molecule has 7 nitrogen and oxygen atoms in total. The smallest absolute Gasteiger partial charge is 0.268 e. The van der Waals surface area contributed by atoms with E-state index in [9.17, 15) is 18.4 Å². The van der Waals surface area contributed by atoms with E-state index in [1.54, 1.807) is 24.3 Å². The van der Waals surface area contributed by atoms with Crippen molar-refractivity contribution < 1.29 is 18.4 Å². The monoisotopic (exact) mass is 415 g/mol. The Bertz CT molecular complexity index is 1050. The van der Waals surface area contributed by atoms with Crippen LogP contribution in [-0.2, 0) is 4.79 Å². The summed E-state index contributed by atoms with van der Waals surface area (Å²) in [5, 5.41) is 20.9. The van der Waals surface area contributed by atoms with E-state index in [0.29, 0.717) is 10.6 Å². The van der Waals surface area contributed by atoms with E-state index < -0.39 is 43.3 Å². The number of thiazole rings is 1. The molecule has 0 aliphatic carbocycles. The highest BCUT2D eigenvalue weighted by Gasteiger charge is 2.47. The van der Waals surface area contributed by atoms with Crippen LogP contribution in [0.2, 0.25) is 0 Å².